The summed E-state index contributed by atoms with van der Waals surface area (Å²) in [6.45, 7) is 4.32. The van der Waals surface area contributed by atoms with Crippen LogP contribution in [-0.4, -0.2) is 21.9 Å². The number of hydrogen-bond acceptors (Lipinski definition) is 4. The lowest BCUT2D eigenvalue weighted by Crippen LogP contribution is -2.20. The number of esters is 1. The molecule has 0 N–H and O–H groups in total. The Morgan fingerprint density at radius 2 is 2.39 bits per heavy atom. The fourth-order valence-electron chi connectivity index (χ4n) is 1.63. The van der Waals surface area contributed by atoms with Crippen molar-refractivity contribution in [1.29, 1.82) is 0 Å². The minimum absolute atomic E-state index is 0.249. The van der Waals surface area contributed by atoms with Gasteiger partial charge in [-0.2, -0.15) is 5.10 Å². The first-order valence-electron chi connectivity index (χ1n) is 5.96. The molecular weight excluding hydrogens is 232 g/mol. The van der Waals surface area contributed by atoms with Crippen molar-refractivity contribution in [3.63, 3.8) is 0 Å². The van der Waals surface area contributed by atoms with Gasteiger partial charge in [0.25, 0.3) is 0 Å². The Morgan fingerprint density at radius 3 is 3.00 bits per heavy atom. The molecule has 0 spiro atoms. The zero-order chi connectivity index (χ0) is 13.0. The predicted molar refractivity (Wildman–Crippen MR) is 65.2 cm³/mol. The third kappa shape index (κ3) is 3.00. The molecule has 0 saturated heterocycles. The summed E-state index contributed by atoms with van der Waals surface area (Å²) in [4.78, 5) is 11.8. The maximum Gasteiger partial charge on any atom is 0.374 e. The molecule has 0 aliphatic heterocycles. The molecule has 0 radical (unpaired) electrons. The van der Waals surface area contributed by atoms with E-state index in [9.17, 15) is 4.79 Å². The van der Waals surface area contributed by atoms with Crippen molar-refractivity contribution in [3.05, 3.63) is 42.1 Å². The van der Waals surface area contributed by atoms with E-state index in [1.54, 1.807) is 23.0 Å². The summed E-state index contributed by atoms with van der Waals surface area (Å²) in [6, 6.07) is 5.26. The molecule has 0 bridgehead atoms. The second kappa shape index (κ2) is 5.53. The Bertz CT molecular complexity index is 502. The van der Waals surface area contributed by atoms with Crippen LogP contribution < -0.4 is 0 Å². The monoisotopic (exact) mass is 248 g/mol. The molecule has 2 heterocycles. The normalized spacial score (nSPS) is 12.3. The van der Waals surface area contributed by atoms with Crippen LogP contribution in [0.3, 0.4) is 0 Å². The molecule has 0 amide bonds. The number of carbonyl (C=O) groups is 1. The highest BCUT2D eigenvalue weighted by Crippen LogP contribution is 2.11. The van der Waals surface area contributed by atoms with Crippen molar-refractivity contribution < 1.29 is 13.9 Å². The van der Waals surface area contributed by atoms with Crippen LogP contribution in [0.5, 0.6) is 0 Å². The van der Waals surface area contributed by atoms with E-state index in [0.717, 1.165) is 12.2 Å². The smallest absolute Gasteiger partial charge is 0.374 e. The molecule has 5 heteroatoms. The lowest BCUT2D eigenvalue weighted by atomic mass is 10.3. The van der Waals surface area contributed by atoms with Gasteiger partial charge in [-0.15, -0.1) is 0 Å². The van der Waals surface area contributed by atoms with Crippen LogP contribution in [0.1, 0.15) is 30.2 Å². The Labute approximate surface area is 105 Å². The van der Waals surface area contributed by atoms with Crippen molar-refractivity contribution in [2.75, 3.05) is 0 Å². The number of carbonyl (C=O) groups excluding carboxylic acids is 1. The summed E-state index contributed by atoms with van der Waals surface area (Å²) in [5.74, 6) is 0.593. The quantitative estimate of drug-likeness (QED) is 0.762. The second-order valence-electron chi connectivity index (χ2n) is 4.06. The lowest BCUT2D eigenvalue weighted by molar-refractivity contribution is 0.0261. The van der Waals surface area contributed by atoms with Gasteiger partial charge in [-0.05, 0) is 25.1 Å². The van der Waals surface area contributed by atoms with E-state index < -0.39 is 5.97 Å². The standard InChI is InChI=1S/C13H16N2O3/c1-3-11-5-6-12(18-11)13(16)17-10(2)9-15-8-4-7-14-15/h4-8,10H,3,9H2,1-2H3/t10-/m0/s1. The summed E-state index contributed by atoms with van der Waals surface area (Å²) >= 11 is 0. The Kier molecular flexibility index (Phi) is 3.82. The molecule has 0 aliphatic rings. The minimum Gasteiger partial charge on any atom is -0.455 e. The van der Waals surface area contributed by atoms with Gasteiger partial charge in [0.2, 0.25) is 5.76 Å². The van der Waals surface area contributed by atoms with Crippen molar-refractivity contribution >= 4 is 5.97 Å². The summed E-state index contributed by atoms with van der Waals surface area (Å²) in [6.07, 6.45) is 4.02. The molecule has 96 valence electrons. The Morgan fingerprint density at radius 1 is 1.56 bits per heavy atom. The predicted octanol–water partition coefficient (Wildman–Crippen LogP) is 2.28. The van der Waals surface area contributed by atoms with Crippen LogP contribution in [0.2, 0.25) is 0 Å². The molecule has 1 atom stereocenters. The van der Waals surface area contributed by atoms with E-state index in [1.807, 2.05) is 26.1 Å². The van der Waals surface area contributed by atoms with Gasteiger partial charge < -0.3 is 9.15 Å². The zero-order valence-electron chi connectivity index (χ0n) is 10.5. The highest BCUT2D eigenvalue weighted by atomic mass is 16.6. The number of nitrogens with zero attached hydrogens (tertiary/aromatic N) is 2. The number of furan rings is 1. The van der Waals surface area contributed by atoms with Crippen molar-refractivity contribution in [1.82, 2.24) is 9.78 Å². The number of hydrogen-bond donors (Lipinski definition) is 0. The van der Waals surface area contributed by atoms with Gasteiger partial charge in [0, 0.05) is 18.8 Å². The minimum atomic E-state index is -0.436. The van der Waals surface area contributed by atoms with Gasteiger partial charge in [-0.3, -0.25) is 4.68 Å². The van der Waals surface area contributed by atoms with E-state index in [-0.39, 0.29) is 11.9 Å². The van der Waals surface area contributed by atoms with Crippen molar-refractivity contribution in [2.45, 2.75) is 32.9 Å². The fraction of sp³-hybridized carbons (Fsp3) is 0.385. The summed E-state index contributed by atoms with van der Waals surface area (Å²) in [5.41, 5.74) is 0. The van der Waals surface area contributed by atoms with Crippen LogP contribution in [-0.2, 0) is 17.7 Å². The molecule has 0 aromatic carbocycles. The summed E-state index contributed by atoms with van der Waals surface area (Å²) in [7, 11) is 0. The van der Waals surface area contributed by atoms with Gasteiger partial charge in [0.05, 0.1) is 6.54 Å². The number of ether oxygens (including phenoxy) is 1. The molecule has 18 heavy (non-hydrogen) atoms. The molecular formula is C13H16N2O3. The number of aromatic nitrogens is 2. The second-order valence-corrected chi connectivity index (χ2v) is 4.06. The molecule has 2 aromatic heterocycles. The van der Waals surface area contributed by atoms with Crippen molar-refractivity contribution in [2.24, 2.45) is 0 Å². The molecule has 0 saturated carbocycles. The zero-order valence-corrected chi connectivity index (χ0v) is 10.5. The van der Waals surface area contributed by atoms with Gasteiger partial charge in [-0.25, -0.2) is 4.79 Å². The van der Waals surface area contributed by atoms with Gasteiger partial charge >= 0.3 is 5.97 Å². The third-order valence-electron chi connectivity index (χ3n) is 2.52. The van der Waals surface area contributed by atoms with Crippen LogP contribution in [0.25, 0.3) is 0 Å². The van der Waals surface area contributed by atoms with Gasteiger partial charge in [-0.1, -0.05) is 6.92 Å². The first kappa shape index (κ1) is 12.4. The number of rotatable bonds is 5. The van der Waals surface area contributed by atoms with Gasteiger partial charge in [0.1, 0.15) is 11.9 Å². The van der Waals surface area contributed by atoms with E-state index in [2.05, 4.69) is 5.10 Å². The first-order chi connectivity index (χ1) is 8.69. The summed E-state index contributed by atoms with van der Waals surface area (Å²) in [5, 5.41) is 4.06. The highest BCUT2D eigenvalue weighted by molar-refractivity contribution is 5.86. The van der Waals surface area contributed by atoms with Crippen LogP contribution >= 0.6 is 0 Å². The van der Waals surface area contributed by atoms with E-state index >= 15 is 0 Å². The average Bonchev–Trinajstić information content (AvgIpc) is 2.98. The van der Waals surface area contributed by atoms with Crippen molar-refractivity contribution in [3.8, 4) is 0 Å². The molecule has 2 rings (SSSR count). The lowest BCUT2D eigenvalue weighted by Gasteiger charge is -2.12. The fourth-order valence-corrected chi connectivity index (χ4v) is 1.63. The average molecular weight is 248 g/mol. The molecule has 0 unspecified atom stereocenters. The largest absolute Gasteiger partial charge is 0.455 e. The molecule has 0 fully saturated rings. The Hall–Kier alpha value is -2.04. The number of aryl methyl sites for hydroxylation is 1. The topological polar surface area (TPSA) is 57.3 Å². The van der Waals surface area contributed by atoms with E-state index in [1.165, 1.54) is 0 Å². The third-order valence-corrected chi connectivity index (χ3v) is 2.52. The van der Waals surface area contributed by atoms with Crippen LogP contribution in [0.15, 0.2) is 35.0 Å². The molecule has 5 nitrogen and oxygen atoms in total. The highest BCUT2D eigenvalue weighted by Gasteiger charge is 2.16. The maximum absolute atomic E-state index is 11.8. The van der Waals surface area contributed by atoms with Crippen LogP contribution in [0.4, 0.5) is 0 Å². The van der Waals surface area contributed by atoms with Crippen LogP contribution in [0, 0.1) is 0 Å². The van der Waals surface area contributed by atoms with Gasteiger partial charge in [0.15, 0.2) is 0 Å². The maximum atomic E-state index is 11.8. The van der Waals surface area contributed by atoms with E-state index in [0.29, 0.717) is 6.54 Å². The molecule has 2 aromatic rings. The summed E-state index contributed by atoms with van der Waals surface area (Å²) < 4.78 is 12.3. The van der Waals surface area contributed by atoms with E-state index in [4.69, 9.17) is 9.15 Å². The first-order valence-corrected chi connectivity index (χ1v) is 5.96. The Balaban J connectivity index is 1.90. The molecule has 0 aliphatic carbocycles. The SMILES string of the molecule is CCc1ccc(C(=O)O[C@@H](C)Cn2cccn2)o1.